The van der Waals surface area contributed by atoms with Gasteiger partial charge in [-0.15, -0.1) is 0 Å². The largest absolute Gasteiger partial charge is 0.493 e. The van der Waals surface area contributed by atoms with E-state index in [9.17, 15) is 4.79 Å². The van der Waals surface area contributed by atoms with Crippen LogP contribution in [0, 0.1) is 0 Å². The van der Waals surface area contributed by atoms with Crippen LogP contribution in [0.3, 0.4) is 0 Å². The van der Waals surface area contributed by atoms with Gasteiger partial charge in [0.05, 0.1) is 13.7 Å². The standard InChI is InChI=1S/C21H26N2O3/c1-5-26-20-14-16(8-12-19(20)25-4)9-13-21(24)22-15-17-6-10-18(11-7-17)23(2)3/h6-14H,5,15H2,1-4H3,(H,22,24)/b13-9+. The Kier molecular flexibility index (Phi) is 7.09. The van der Waals surface area contributed by atoms with Crippen molar-refractivity contribution in [2.45, 2.75) is 13.5 Å². The number of benzene rings is 2. The third-order valence-corrected chi connectivity index (χ3v) is 3.83. The number of ether oxygens (including phenoxy) is 2. The first-order valence-corrected chi connectivity index (χ1v) is 8.56. The molecule has 5 nitrogen and oxygen atoms in total. The number of hydrogen-bond donors (Lipinski definition) is 1. The first kappa shape index (κ1) is 19.4. The summed E-state index contributed by atoms with van der Waals surface area (Å²) in [5, 5.41) is 2.88. The van der Waals surface area contributed by atoms with Crippen LogP contribution >= 0.6 is 0 Å². The minimum absolute atomic E-state index is 0.143. The molecular weight excluding hydrogens is 328 g/mol. The molecule has 0 atom stereocenters. The van der Waals surface area contributed by atoms with Gasteiger partial charge in [0.1, 0.15) is 0 Å². The first-order chi connectivity index (χ1) is 12.5. The Morgan fingerprint density at radius 1 is 1.12 bits per heavy atom. The summed E-state index contributed by atoms with van der Waals surface area (Å²) >= 11 is 0. The van der Waals surface area contributed by atoms with Crippen LogP contribution in [0.25, 0.3) is 6.08 Å². The number of carbonyl (C=O) groups is 1. The van der Waals surface area contributed by atoms with Crippen LogP contribution in [0.15, 0.2) is 48.5 Å². The number of nitrogens with one attached hydrogen (secondary N) is 1. The maximum Gasteiger partial charge on any atom is 0.244 e. The summed E-state index contributed by atoms with van der Waals surface area (Å²) in [4.78, 5) is 14.1. The van der Waals surface area contributed by atoms with Gasteiger partial charge in [-0.05, 0) is 48.4 Å². The van der Waals surface area contributed by atoms with E-state index in [2.05, 4.69) is 5.32 Å². The smallest absolute Gasteiger partial charge is 0.244 e. The summed E-state index contributed by atoms with van der Waals surface area (Å²) in [7, 11) is 5.60. The Labute approximate surface area is 155 Å². The molecule has 26 heavy (non-hydrogen) atoms. The molecule has 0 aromatic heterocycles. The minimum atomic E-state index is -0.143. The summed E-state index contributed by atoms with van der Waals surface area (Å²) in [5.74, 6) is 1.20. The highest BCUT2D eigenvalue weighted by Gasteiger charge is 2.04. The van der Waals surface area contributed by atoms with E-state index < -0.39 is 0 Å². The van der Waals surface area contributed by atoms with Crippen molar-refractivity contribution < 1.29 is 14.3 Å². The van der Waals surface area contributed by atoms with Crippen LogP contribution < -0.4 is 19.7 Å². The molecule has 2 aromatic carbocycles. The maximum atomic E-state index is 12.0. The SMILES string of the molecule is CCOc1cc(/C=C/C(=O)NCc2ccc(N(C)C)cc2)ccc1OC. The van der Waals surface area contributed by atoms with Crippen LogP contribution in [-0.2, 0) is 11.3 Å². The lowest BCUT2D eigenvalue weighted by Gasteiger charge is -2.12. The second-order valence-corrected chi connectivity index (χ2v) is 5.96. The second-order valence-electron chi connectivity index (χ2n) is 5.96. The fourth-order valence-electron chi connectivity index (χ4n) is 2.40. The summed E-state index contributed by atoms with van der Waals surface area (Å²) in [6, 6.07) is 13.6. The van der Waals surface area contributed by atoms with Crippen molar-refractivity contribution in [1.82, 2.24) is 5.32 Å². The number of nitrogens with zero attached hydrogens (tertiary/aromatic N) is 1. The van der Waals surface area contributed by atoms with E-state index in [4.69, 9.17) is 9.47 Å². The van der Waals surface area contributed by atoms with E-state index in [1.54, 1.807) is 13.2 Å². The predicted octanol–water partition coefficient (Wildman–Crippen LogP) is 3.49. The molecule has 2 aromatic rings. The molecule has 1 N–H and O–H groups in total. The Balaban J connectivity index is 1.93. The van der Waals surface area contributed by atoms with Gasteiger partial charge in [0.2, 0.25) is 5.91 Å². The molecule has 0 saturated carbocycles. The lowest BCUT2D eigenvalue weighted by atomic mass is 10.1. The Morgan fingerprint density at radius 2 is 1.85 bits per heavy atom. The van der Waals surface area contributed by atoms with Gasteiger partial charge in [0, 0.05) is 32.4 Å². The highest BCUT2D eigenvalue weighted by molar-refractivity contribution is 5.91. The van der Waals surface area contributed by atoms with Crippen molar-refractivity contribution in [1.29, 1.82) is 0 Å². The zero-order valence-corrected chi connectivity index (χ0v) is 15.8. The average molecular weight is 354 g/mol. The fourth-order valence-corrected chi connectivity index (χ4v) is 2.40. The number of anilines is 1. The molecule has 0 fully saturated rings. The van der Waals surface area contributed by atoms with Crippen molar-refractivity contribution in [2.75, 3.05) is 32.7 Å². The molecule has 0 bridgehead atoms. The maximum absolute atomic E-state index is 12.0. The van der Waals surface area contributed by atoms with Gasteiger partial charge in [0.25, 0.3) is 0 Å². The Hall–Kier alpha value is -2.95. The molecule has 0 radical (unpaired) electrons. The molecule has 0 spiro atoms. The van der Waals surface area contributed by atoms with E-state index in [0.29, 0.717) is 24.7 Å². The van der Waals surface area contributed by atoms with Gasteiger partial charge in [-0.1, -0.05) is 18.2 Å². The van der Waals surface area contributed by atoms with E-state index in [0.717, 1.165) is 16.8 Å². The highest BCUT2D eigenvalue weighted by Crippen LogP contribution is 2.28. The van der Waals surface area contributed by atoms with Gasteiger partial charge < -0.3 is 19.7 Å². The topological polar surface area (TPSA) is 50.8 Å². The molecule has 138 valence electrons. The number of amides is 1. The summed E-state index contributed by atoms with van der Waals surface area (Å²) < 4.78 is 10.8. The van der Waals surface area contributed by atoms with Gasteiger partial charge in [0.15, 0.2) is 11.5 Å². The second kappa shape index (κ2) is 9.51. The van der Waals surface area contributed by atoms with E-state index in [-0.39, 0.29) is 5.91 Å². The van der Waals surface area contributed by atoms with E-state index >= 15 is 0 Å². The zero-order chi connectivity index (χ0) is 18.9. The van der Waals surface area contributed by atoms with Gasteiger partial charge in [-0.25, -0.2) is 0 Å². The van der Waals surface area contributed by atoms with Crippen molar-refractivity contribution >= 4 is 17.7 Å². The lowest BCUT2D eigenvalue weighted by Crippen LogP contribution is -2.20. The van der Waals surface area contributed by atoms with Gasteiger partial charge in [-0.3, -0.25) is 4.79 Å². The van der Waals surface area contributed by atoms with Crippen molar-refractivity contribution in [3.05, 3.63) is 59.7 Å². The minimum Gasteiger partial charge on any atom is -0.493 e. The van der Waals surface area contributed by atoms with Crippen molar-refractivity contribution in [2.24, 2.45) is 0 Å². The molecule has 1 amide bonds. The number of carbonyl (C=O) groups excluding carboxylic acids is 1. The number of hydrogen-bond acceptors (Lipinski definition) is 4. The summed E-state index contributed by atoms with van der Waals surface area (Å²) in [6.07, 6.45) is 3.28. The molecule has 0 aliphatic heterocycles. The van der Waals surface area contributed by atoms with Gasteiger partial charge in [-0.2, -0.15) is 0 Å². The predicted molar refractivity (Wildman–Crippen MR) is 106 cm³/mol. The third kappa shape index (κ3) is 5.55. The average Bonchev–Trinajstić information content (AvgIpc) is 2.65. The molecule has 0 saturated heterocycles. The molecule has 0 aliphatic carbocycles. The van der Waals surface area contributed by atoms with Crippen LogP contribution in [-0.4, -0.2) is 33.7 Å². The summed E-state index contributed by atoms with van der Waals surface area (Å²) in [6.45, 7) is 2.96. The summed E-state index contributed by atoms with van der Waals surface area (Å²) in [5.41, 5.74) is 3.06. The van der Waals surface area contributed by atoms with Crippen LogP contribution in [0.2, 0.25) is 0 Å². The molecular formula is C21H26N2O3. The molecule has 0 aliphatic rings. The highest BCUT2D eigenvalue weighted by atomic mass is 16.5. The number of rotatable bonds is 8. The van der Waals surface area contributed by atoms with Crippen LogP contribution in [0.4, 0.5) is 5.69 Å². The normalized spacial score (nSPS) is 10.6. The third-order valence-electron chi connectivity index (χ3n) is 3.83. The van der Waals surface area contributed by atoms with Crippen molar-refractivity contribution in [3.63, 3.8) is 0 Å². The molecule has 5 heteroatoms. The quantitative estimate of drug-likeness (QED) is 0.737. The Morgan fingerprint density at radius 3 is 2.46 bits per heavy atom. The van der Waals surface area contributed by atoms with Gasteiger partial charge >= 0.3 is 0 Å². The van der Waals surface area contributed by atoms with Crippen LogP contribution in [0.1, 0.15) is 18.1 Å². The lowest BCUT2D eigenvalue weighted by molar-refractivity contribution is -0.116. The fraction of sp³-hybridized carbons (Fsp3) is 0.286. The molecule has 2 rings (SSSR count). The number of methoxy groups -OCH3 is 1. The Bertz CT molecular complexity index is 752. The first-order valence-electron chi connectivity index (χ1n) is 8.56. The zero-order valence-electron chi connectivity index (χ0n) is 15.8. The van der Waals surface area contributed by atoms with E-state index in [1.807, 2.05) is 68.4 Å². The monoisotopic (exact) mass is 354 g/mol. The van der Waals surface area contributed by atoms with Crippen LogP contribution in [0.5, 0.6) is 11.5 Å². The van der Waals surface area contributed by atoms with E-state index in [1.165, 1.54) is 6.08 Å². The molecule has 0 heterocycles. The molecule has 0 unspecified atom stereocenters. The van der Waals surface area contributed by atoms with Crippen molar-refractivity contribution in [3.8, 4) is 11.5 Å².